The molecule has 86 valence electrons. The molecule has 0 atom stereocenters. The first-order valence-corrected chi connectivity index (χ1v) is 5.70. The van der Waals surface area contributed by atoms with Crippen LogP contribution in [0.5, 0.6) is 0 Å². The summed E-state index contributed by atoms with van der Waals surface area (Å²) in [5.41, 5.74) is 9.16. The lowest BCUT2D eigenvalue weighted by Gasteiger charge is -2.19. The first-order chi connectivity index (χ1) is 8.05. The van der Waals surface area contributed by atoms with Crippen molar-refractivity contribution >= 4 is 21.8 Å². The molecule has 0 aliphatic carbocycles. The van der Waals surface area contributed by atoms with Crippen molar-refractivity contribution in [2.45, 2.75) is 19.4 Å². The molecule has 17 heavy (non-hydrogen) atoms. The van der Waals surface area contributed by atoms with Gasteiger partial charge in [0.15, 0.2) is 0 Å². The van der Waals surface area contributed by atoms with E-state index >= 15 is 0 Å². The number of fused-ring (bicyclic) bond motifs is 3. The number of nitrogens with one attached hydrogen (secondary N) is 1. The topological polar surface area (TPSA) is 54.7 Å². The van der Waals surface area contributed by atoms with Gasteiger partial charge in [0.05, 0.1) is 11.7 Å². The number of aromatic amines is 1. The van der Waals surface area contributed by atoms with E-state index in [1.807, 2.05) is 32.3 Å². The molecule has 3 rings (SSSR count). The zero-order valence-electron chi connectivity index (χ0n) is 9.99. The lowest BCUT2D eigenvalue weighted by atomic mass is 9.94. The van der Waals surface area contributed by atoms with Gasteiger partial charge in [-0.3, -0.25) is 4.98 Å². The Morgan fingerprint density at radius 3 is 2.71 bits per heavy atom. The summed E-state index contributed by atoms with van der Waals surface area (Å²) in [6.45, 7) is 4.04. The summed E-state index contributed by atoms with van der Waals surface area (Å²) in [7, 11) is 0. The second-order valence-electron chi connectivity index (χ2n) is 5.03. The quantitative estimate of drug-likeness (QED) is 0.669. The molecule has 0 bridgehead atoms. The number of H-pyrrole nitrogens is 1. The van der Waals surface area contributed by atoms with Gasteiger partial charge in [-0.15, -0.1) is 0 Å². The molecule has 3 aromatic rings. The minimum absolute atomic E-state index is 0.315. The van der Waals surface area contributed by atoms with Crippen molar-refractivity contribution in [1.29, 1.82) is 0 Å². The molecule has 0 aliphatic rings. The highest BCUT2D eigenvalue weighted by Gasteiger charge is 2.15. The Hall–Kier alpha value is -1.87. The molecule has 0 aliphatic heterocycles. The Morgan fingerprint density at radius 2 is 1.94 bits per heavy atom. The molecule has 3 nitrogen and oxygen atoms in total. The third-order valence-electron chi connectivity index (χ3n) is 3.14. The van der Waals surface area contributed by atoms with Gasteiger partial charge in [0, 0.05) is 28.0 Å². The predicted molar refractivity (Wildman–Crippen MR) is 70.8 cm³/mol. The number of benzene rings is 1. The maximum atomic E-state index is 6.14. The average Bonchev–Trinajstić information content (AvgIpc) is 2.65. The van der Waals surface area contributed by atoms with Crippen molar-refractivity contribution in [3.05, 3.63) is 42.2 Å². The van der Waals surface area contributed by atoms with Crippen LogP contribution in [0, 0.1) is 0 Å². The van der Waals surface area contributed by atoms with Crippen LogP contribution in [-0.4, -0.2) is 9.97 Å². The van der Waals surface area contributed by atoms with Gasteiger partial charge in [0.25, 0.3) is 0 Å². The molecule has 2 aromatic heterocycles. The van der Waals surface area contributed by atoms with E-state index in [0.717, 1.165) is 16.6 Å². The Balaban J connectivity index is 2.38. The fraction of sp³-hybridized carbons (Fsp3) is 0.214. The number of nitrogens with two attached hydrogens (primary N) is 1. The van der Waals surface area contributed by atoms with Gasteiger partial charge in [-0.2, -0.15) is 0 Å². The van der Waals surface area contributed by atoms with Crippen LogP contribution in [0.25, 0.3) is 21.8 Å². The van der Waals surface area contributed by atoms with Crippen LogP contribution in [0.4, 0.5) is 0 Å². The van der Waals surface area contributed by atoms with Crippen LogP contribution >= 0.6 is 0 Å². The molecular weight excluding hydrogens is 210 g/mol. The SMILES string of the molecule is CC(C)(N)c1ccc2[nH]c3cnccc3c2c1. The molecular formula is C14H15N3. The van der Waals surface area contributed by atoms with Gasteiger partial charge in [-0.25, -0.2) is 0 Å². The summed E-state index contributed by atoms with van der Waals surface area (Å²) >= 11 is 0. The molecule has 0 radical (unpaired) electrons. The maximum absolute atomic E-state index is 6.14. The summed E-state index contributed by atoms with van der Waals surface area (Å²) in [6.07, 6.45) is 3.67. The van der Waals surface area contributed by atoms with Gasteiger partial charge < -0.3 is 10.7 Å². The molecule has 3 heteroatoms. The summed E-state index contributed by atoms with van der Waals surface area (Å²) in [5.74, 6) is 0. The minimum Gasteiger partial charge on any atom is -0.353 e. The van der Waals surface area contributed by atoms with E-state index in [1.165, 1.54) is 10.8 Å². The van der Waals surface area contributed by atoms with E-state index < -0.39 is 0 Å². The first kappa shape index (κ1) is 10.3. The van der Waals surface area contributed by atoms with Crippen molar-refractivity contribution in [2.75, 3.05) is 0 Å². The number of hydrogen-bond acceptors (Lipinski definition) is 2. The number of nitrogens with zero attached hydrogens (tertiary/aromatic N) is 1. The monoisotopic (exact) mass is 225 g/mol. The van der Waals surface area contributed by atoms with E-state index in [-0.39, 0.29) is 5.54 Å². The Kier molecular flexibility index (Phi) is 2.00. The zero-order chi connectivity index (χ0) is 12.0. The molecule has 0 fully saturated rings. The Labute approximate surface area is 99.7 Å². The fourth-order valence-electron chi connectivity index (χ4n) is 2.15. The number of pyridine rings is 1. The highest BCUT2D eigenvalue weighted by Crippen LogP contribution is 2.28. The third kappa shape index (κ3) is 1.59. The number of rotatable bonds is 1. The molecule has 3 N–H and O–H groups in total. The fourth-order valence-corrected chi connectivity index (χ4v) is 2.15. The first-order valence-electron chi connectivity index (χ1n) is 5.70. The van der Waals surface area contributed by atoms with Crippen LogP contribution in [0.1, 0.15) is 19.4 Å². The van der Waals surface area contributed by atoms with Crippen LogP contribution < -0.4 is 5.73 Å². The van der Waals surface area contributed by atoms with Gasteiger partial charge in [0.2, 0.25) is 0 Å². The normalized spacial score (nSPS) is 12.4. The molecule has 0 spiro atoms. The second-order valence-corrected chi connectivity index (χ2v) is 5.03. The molecule has 1 aromatic carbocycles. The van der Waals surface area contributed by atoms with Gasteiger partial charge in [-0.1, -0.05) is 6.07 Å². The van der Waals surface area contributed by atoms with Crippen molar-refractivity contribution in [1.82, 2.24) is 9.97 Å². The van der Waals surface area contributed by atoms with E-state index in [9.17, 15) is 0 Å². The lowest BCUT2D eigenvalue weighted by Crippen LogP contribution is -2.28. The van der Waals surface area contributed by atoms with Crippen molar-refractivity contribution < 1.29 is 0 Å². The predicted octanol–water partition coefficient (Wildman–Crippen LogP) is 2.91. The third-order valence-corrected chi connectivity index (χ3v) is 3.14. The Bertz CT molecular complexity index is 689. The second kappa shape index (κ2) is 3.31. The van der Waals surface area contributed by atoms with E-state index in [4.69, 9.17) is 5.73 Å². The average molecular weight is 225 g/mol. The standard InChI is InChI=1S/C14H15N3/c1-14(2,15)9-3-4-12-11(7-9)10-5-6-16-8-13(10)17-12/h3-8,17H,15H2,1-2H3. The van der Waals surface area contributed by atoms with E-state index in [1.54, 1.807) is 0 Å². The molecule has 2 heterocycles. The number of aromatic nitrogens is 2. The van der Waals surface area contributed by atoms with E-state index in [2.05, 4.69) is 28.2 Å². The molecule has 0 saturated heterocycles. The van der Waals surface area contributed by atoms with Crippen molar-refractivity contribution in [2.24, 2.45) is 5.73 Å². The molecule has 0 saturated carbocycles. The highest BCUT2D eigenvalue weighted by molar-refractivity contribution is 6.07. The lowest BCUT2D eigenvalue weighted by molar-refractivity contribution is 0.555. The number of hydrogen-bond donors (Lipinski definition) is 2. The van der Waals surface area contributed by atoms with Crippen molar-refractivity contribution in [3.63, 3.8) is 0 Å². The van der Waals surface area contributed by atoms with Gasteiger partial charge in [0.1, 0.15) is 0 Å². The van der Waals surface area contributed by atoms with Crippen molar-refractivity contribution in [3.8, 4) is 0 Å². The maximum Gasteiger partial charge on any atom is 0.0651 e. The Morgan fingerprint density at radius 1 is 1.12 bits per heavy atom. The smallest absolute Gasteiger partial charge is 0.0651 e. The summed E-state index contributed by atoms with van der Waals surface area (Å²) < 4.78 is 0. The van der Waals surface area contributed by atoms with E-state index in [0.29, 0.717) is 0 Å². The van der Waals surface area contributed by atoms with Gasteiger partial charge >= 0.3 is 0 Å². The zero-order valence-corrected chi connectivity index (χ0v) is 9.99. The van der Waals surface area contributed by atoms with Crippen LogP contribution in [0.2, 0.25) is 0 Å². The largest absolute Gasteiger partial charge is 0.353 e. The molecule has 0 amide bonds. The van der Waals surface area contributed by atoms with Crippen LogP contribution in [0.3, 0.4) is 0 Å². The summed E-state index contributed by atoms with van der Waals surface area (Å²) in [4.78, 5) is 7.48. The van der Waals surface area contributed by atoms with Gasteiger partial charge in [-0.05, 0) is 37.6 Å². The van der Waals surface area contributed by atoms with Crippen LogP contribution in [-0.2, 0) is 5.54 Å². The summed E-state index contributed by atoms with van der Waals surface area (Å²) in [5, 5.41) is 2.40. The minimum atomic E-state index is -0.315. The summed E-state index contributed by atoms with van der Waals surface area (Å²) in [6, 6.07) is 8.35. The van der Waals surface area contributed by atoms with Crippen LogP contribution in [0.15, 0.2) is 36.7 Å². The highest BCUT2D eigenvalue weighted by atomic mass is 14.7. The molecule has 0 unspecified atom stereocenters.